The lowest BCUT2D eigenvalue weighted by Gasteiger charge is -2.31. The van der Waals surface area contributed by atoms with Crippen LogP contribution in [0.15, 0.2) is 35.2 Å². The van der Waals surface area contributed by atoms with Crippen molar-refractivity contribution in [2.24, 2.45) is 0 Å². The maximum absolute atomic E-state index is 13.0. The molecule has 160 valence electrons. The number of aryl methyl sites for hydroxylation is 1. The molecule has 0 atom stereocenters. The lowest BCUT2D eigenvalue weighted by atomic mass is 10.1. The molecule has 0 saturated carbocycles. The summed E-state index contributed by atoms with van der Waals surface area (Å²) in [5.74, 6) is 0.744. The van der Waals surface area contributed by atoms with Crippen LogP contribution in [0.3, 0.4) is 0 Å². The minimum atomic E-state index is -3.70. The summed E-state index contributed by atoms with van der Waals surface area (Å²) in [6, 6.07) is 8.70. The van der Waals surface area contributed by atoms with Gasteiger partial charge in [0.2, 0.25) is 10.0 Å². The number of nitrogens with zero attached hydrogens (tertiary/aromatic N) is 2. The molecule has 4 rings (SSSR count). The summed E-state index contributed by atoms with van der Waals surface area (Å²) >= 11 is 13.7. The lowest BCUT2D eigenvalue weighted by molar-refractivity contribution is 0.135. The van der Waals surface area contributed by atoms with Crippen molar-refractivity contribution < 1.29 is 17.9 Å². The molecule has 0 radical (unpaired) electrons. The van der Waals surface area contributed by atoms with Gasteiger partial charge in [-0.05, 0) is 49.6 Å². The van der Waals surface area contributed by atoms with Gasteiger partial charge in [0.25, 0.3) is 5.19 Å². The second kappa shape index (κ2) is 8.51. The molecule has 2 aromatic carbocycles. The molecular formula is C20H20Cl2N2O4S2. The summed E-state index contributed by atoms with van der Waals surface area (Å²) in [7, 11) is -2.08. The van der Waals surface area contributed by atoms with Gasteiger partial charge in [-0.25, -0.2) is 13.4 Å². The molecule has 30 heavy (non-hydrogen) atoms. The Morgan fingerprint density at radius 2 is 1.87 bits per heavy atom. The molecule has 10 heteroatoms. The number of aromatic nitrogens is 1. The SMILES string of the molecule is COc1ccc2sc(OC3CCN(S(=O)(=O)c4cc(C)c(Cl)cc4Cl)CC3)nc2c1. The molecule has 0 amide bonds. The van der Waals surface area contributed by atoms with Gasteiger partial charge in [0.1, 0.15) is 16.7 Å². The number of thiazole rings is 1. The van der Waals surface area contributed by atoms with Gasteiger partial charge < -0.3 is 9.47 Å². The number of ether oxygens (including phenoxy) is 2. The first-order chi connectivity index (χ1) is 14.3. The first-order valence-corrected chi connectivity index (χ1v) is 12.4. The zero-order valence-corrected chi connectivity index (χ0v) is 19.5. The van der Waals surface area contributed by atoms with Gasteiger partial charge in [-0.1, -0.05) is 34.5 Å². The van der Waals surface area contributed by atoms with Crippen LogP contribution in [0.4, 0.5) is 0 Å². The van der Waals surface area contributed by atoms with E-state index in [1.165, 1.54) is 27.8 Å². The largest absolute Gasteiger partial charge is 0.497 e. The molecule has 0 bridgehead atoms. The zero-order valence-electron chi connectivity index (χ0n) is 16.4. The maximum Gasteiger partial charge on any atom is 0.274 e. The molecule has 3 aromatic rings. The Morgan fingerprint density at radius 1 is 1.13 bits per heavy atom. The van der Waals surface area contributed by atoms with Gasteiger partial charge in [-0.15, -0.1) is 0 Å². The number of piperidine rings is 1. The van der Waals surface area contributed by atoms with Crippen LogP contribution < -0.4 is 9.47 Å². The van der Waals surface area contributed by atoms with Gasteiger partial charge in [0, 0.05) is 24.2 Å². The molecule has 0 spiro atoms. The van der Waals surface area contributed by atoms with Crippen LogP contribution in [0, 0.1) is 6.92 Å². The molecule has 0 unspecified atom stereocenters. The maximum atomic E-state index is 13.0. The average molecular weight is 487 g/mol. The van der Waals surface area contributed by atoms with Gasteiger partial charge in [0.05, 0.1) is 22.3 Å². The number of halogens is 2. The Hall–Kier alpha value is -1.58. The molecule has 1 aromatic heterocycles. The van der Waals surface area contributed by atoms with E-state index in [9.17, 15) is 8.42 Å². The van der Waals surface area contributed by atoms with Crippen molar-refractivity contribution in [3.8, 4) is 10.9 Å². The number of fused-ring (bicyclic) bond motifs is 1. The van der Waals surface area contributed by atoms with E-state index in [2.05, 4.69) is 4.98 Å². The molecule has 1 aliphatic heterocycles. The summed E-state index contributed by atoms with van der Waals surface area (Å²) in [6.45, 7) is 2.46. The highest BCUT2D eigenvalue weighted by atomic mass is 35.5. The van der Waals surface area contributed by atoms with Gasteiger partial charge in [0.15, 0.2) is 0 Å². The number of rotatable bonds is 5. The van der Waals surface area contributed by atoms with E-state index in [1.54, 1.807) is 14.0 Å². The fraction of sp³-hybridized carbons (Fsp3) is 0.350. The molecular weight excluding hydrogens is 467 g/mol. The Bertz CT molecular complexity index is 1190. The number of benzene rings is 2. The van der Waals surface area contributed by atoms with Crippen LogP contribution in [-0.4, -0.2) is 44.0 Å². The second-order valence-electron chi connectivity index (χ2n) is 7.07. The number of hydrogen-bond donors (Lipinski definition) is 0. The normalized spacial score (nSPS) is 16.1. The fourth-order valence-electron chi connectivity index (χ4n) is 3.36. The standard InChI is InChI=1S/C20H20Cl2N2O4S2/c1-12-9-19(16(22)11-15(12)21)30(25,26)24-7-5-13(6-8-24)28-20-23-17-10-14(27-2)3-4-18(17)29-20/h3-4,9-11,13H,5-8H2,1-2H3. The number of sulfonamides is 1. The van der Waals surface area contributed by atoms with Crippen LogP contribution in [0.25, 0.3) is 10.2 Å². The van der Waals surface area contributed by atoms with Gasteiger partial charge in [-0.3, -0.25) is 0 Å². The highest BCUT2D eigenvalue weighted by Gasteiger charge is 2.32. The highest BCUT2D eigenvalue weighted by Crippen LogP contribution is 2.34. The van der Waals surface area contributed by atoms with E-state index in [0.717, 1.165) is 16.0 Å². The number of hydrogen-bond acceptors (Lipinski definition) is 6. The third-order valence-corrected chi connectivity index (χ3v) is 8.77. The predicted molar refractivity (Wildman–Crippen MR) is 120 cm³/mol. The molecule has 0 N–H and O–H groups in total. The molecule has 1 fully saturated rings. The smallest absolute Gasteiger partial charge is 0.274 e. The van der Waals surface area contributed by atoms with Crippen molar-refractivity contribution in [2.75, 3.05) is 20.2 Å². The molecule has 0 aliphatic carbocycles. The Labute approximate surface area is 189 Å². The van der Waals surface area contributed by atoms with Crippen molar-refractivity contribution in [3.05, 3.63) is 45.9 Å². The Morgan fingerprint density at radius 3 is 2.57 bits per heavy atom. The highest BCUT2D eigenvalue weighted by molar-refractivity contribution is 7.89. The van der Waals surface area contributed by atoms with E-state index < -0.39 is 10.0 Å². The first kappa shape index (κ1) is 21.6. The minimum Gasteiger partial charge on any atom is -0.497 e. The van der Waals surface area contributed by atoms with E-state index in [1.807, 2.05) is 18.2 Å². The van der Waals surface area contributed by atoms with Crippen molar-refractivity contribution in [1.29, 1.82) is 0 Å². The zero-order chi connectivity index (χ0) is 21.5. The molecule has 2 heterocycles. The lowest BCUT2D eigenvalue weighted by Crippen LogP contribution is -2.41. The quantitative estimate of drug-likeness (QED) is 0.498. The summed E-state index contributed by atoms with van der Waals surface area (Å²) in [4.78, 5) is 4.60. The summed E-state index contributed by atoms with van der Waals surface area (Å²) in [6.07, 6.45) is 1.05. The average Bonchev–Trinajstić information content (AvgIpc) is 3.12. The third-order valence-electron chi connectivity index (χ3n) is 5.07. The number of methoxy groups -OCH3 is 1. The van der Waals surface area contributed by atoms with Crippen molar-refractivity contribution in [3.63, 3.8) is 0 Å². The second-order valence-corrected chi connectivity index (χ2v) is 10.8. The molecule has 1 saturated heterocycles. The van der Waals surface area contributed by atoms with E-state index in [0.29, 0.717) is 41.7 Å². The molecule has 6 nitrogen and oxygen atoms in total. The van der Waals surface area contributed by atoms with E-state index in [-0.39, 0.29) is 16.0 Å². The van der Waals surface area contributed by atoms with Crippen molar-refractivity contribution in [2.45, 2.75) is 30.8 Å². The Balaban J connectivity index is 1.44. The van der Waals surface area contributed by atoms with Crippen LogP contribution in [0.1, 0.15) is 18.4 Å². The van der Waals surface area contributed by atoms with Gasteiger partial charge >= 0.3 is 0 Å². The van der Waals surface area contributed by atoms with Gasteiger partial charge in [-0.2, -0.15) is 4.31 Å². The fourth-order valence-corrected chi connectivity index (χ4v) is 6.50. The van der Waals surface area contributed by atoms with E-state index >= 15 is 0 Å². The molecule has 1 aliphatic rings. The topological polar surface area (TPSA) is 68.7 Å². The van der Waals surface area contributed by atoms with E-state index in [4.69, 9.17) is 32.7 Å². The predicted octanol–water partition coefficient (Wildman–Crippen LogP) is 5.15. The summed E-state index contributed by atoms with van der Waals surface area (Å²) < 4.78 is 39.8. The van der Waals surface area contributed by atoms with Crippen LogP contribution in [-0.2, 0) is 10.0 Å². The minimum absolute atomic E-state index is 0.0885. The van der Waals surface area contributed by atoms with Crippen LogP contribution in [0.2, 0.25) is 10.0 Å². The third kappa shape index (κ3) is 4.24. The Kier molecular flexibility index (Phi) is 6.14. The monoisotopic (exact) mass is 486 g/mol. The summed E-state index contributed by atoms with van der Waals surface area (Å²) in [5, 5.41) is 1.16. The summed E-state index contributed by atoms with van der Waals surface area (Å²) in [5.41, 5.74) is 1.49. The van der Waals surface area contributed by atoms with Crippen molar-refractivity contribution in [1.82, 2.24) is 9.29 Å². The van der Waals surface area contributed by atoms with Crippen LogP contribution >= 0.6 is 34.5 Å². The van der Waals surface area contributed by atoms with Crippen molar-refractivity contribution >= 4 is 54.8 Å². The van der Waals surface area contributed by atoms with Crippen LogP contribution in [0.5, 0.6) is 10.9 Å². The first-order valence-electron chi connectivity index (χ1n) is 9.35.